The summed E-state index contributed by atoms with van der Waals surface area (Å²) >= 11 is 0. The van der Waals surface area contributed by atoms with Gasteiger partial charge >= 0.3 is 6.09 Å². The summed E-state index contributed by atoms with van der Waals surface area (Å²) in [6.45, 7) is 2.66. The van der Waals surface area contributed by atoms with Crippen LogP contribution < -0.4 is 15.4 Å². The van der Waals surface area contributed by atoms with Crippen molar-refractivity contribution < 1.29 is 19.1 Å². The van der Waals surface area contributed by atoms with Crippen LogP contribution in [0, 0.1) is 0 Å². The van der Waals surface area contributed by atoms with Crippen molar-refractivity contribution in [1.29, 1.82) is 0 Å². The van der Waals surface area contributed by atoms with Crippen molar-refractivity contribution in [2.45, 2.75) is 31.7 Å². The first-order chi connectivity index (χ1) is 19.6. The number of ether oxygens (including phenoxy) is 2. The third kappa shape index (κ3) is 5.05. The number of likely N-dealkylation sites (N-methyl/N-ethyl adjacent to an activating group) is 1. The average Bonchev–Trinajstić information content (AvgIpc) is 3.22. The topological polar surface area (TPSA) is 76.7 Å². The number of amides is 2. The van der Waals surface area contributed by atoms with Crippen LogP contribution in [0.1, 0.15) is 52.3 Å². The largest absolute Gasteiger partial charge is 0.484 e. The fourth-order valence-corrected chi connectivity index (χ4v) is 5.96. The van der Waals surface area contributed by atoms with Gasteiger partial charge in [0.25, 0.3) is 5.91 Å². The maximum atomic E-state index is 13.3. The molecular weight excluding hydrogens is 500 g/mol. The monoisotopic (exact) mass is 532 g/mol. The molecule has 202 valence electrons. The molecule has 6 nitrogen and oxygen atoms in total. The summed E-state index contributed by atoms with van der Waals surface area (Å²) in [6.07, 6.45) is 1.19. The Balaban J connectivity index is 1.22. The van der Waals surface area contributed by atoms with E-state index >= 15 is 0 Å². The highest BCUT2D eigenvalue weighted by Gasteiger charge is 2.30. The third-order valence-electron chi connectivity index (χ3n) is 7.80. The van der Waals surface area contributed by atoms with E-state index in [1.54, 1.807) is 0 Å². The van der Waals surface area contributed by atoms with Crippen LogP contribution in [0.3, 0.4) is 0 Å². The fourth-order valence-electron chi connectivity index (χ4n) is 5.96. The van der Waals surface area contributed by atoms with E-state index in [-0.39, 0.29) is 31.1 Å². The van der Waals surface area contributed by atoms with Gasteiger partial charge in [0.05, 0.1) is 6.04 Å². The zero-order valence-electron chi connectivity index (χ0n) is 22.5. The standard InChI is InChI=1S/C34H32N2O4/c1-2-35-32(37)21-39-24-17-18-26-23(19-24)16-15-22-9-3-4-10-25(22)33(26)36-34(38)40-20-31-29-13-7-5-11-27(29)28-12-6-8-14-30(28)31/h3-14,17-19,31,33H,2,15-16,20-21H2,1H3,(H,35,37)(H,36,38). The Hall–Kier alpha value is -4.58. The van der Waals surface area contributed by atoms with E-state index < -0.39 is 6.09 Å². The van der Waals surface area contributed by atoms with E-state index in [1.165, 1.54) is 27.8 Å². The van der Waals surface area contributed by atoms with Gasteiger partial charge in [-0.1, -0.05) is 78.9 Å². The molecule has 6 heteroatoms. The van der Waals surface area contributed by atoms with Gasteiger partial charge in [-0.05, 0) is 76.4 Å². The molecule has 1 unspecified atom stereocenters. The van der Waals surface area contributed by atoms with Gasteiger partial charge in [0.1, 0.15) is 12.4 Å². The number of fused-ring (bicyclic) bond motifs is 5. The lowest BCUT2D eigenvalue weighted by atomic mass is 9.94. The van der Waals surface area contributed by atoms with E-state index in [1.807, 2.05) is 61.5 Å². The van der Waals surface area contributed by atoms with Crippen LogP contribution in [0.4, 0.5) is 4.79 Å². The second-order valence-corrected chi connectivity index (χ2v) is 10.2. The highest BCUT2D eigenvalue weighted by molar-refractivity contribution is 5.79. The van der Waals surface area contributed by atoms with E-state index in [0.29, 0.717) is 12.3 Å². The van der Waals surface area contributed by atoms with E-state index in [2.05, 4.69) is 47.0 Å². The van der Waals surface area contributed by atoms with Crippen LogP contribution >= 0.6 is 0 Å². The molecule has 0 aromatic heterocycles. The van der Waals surface area contributed by atoms with Gasteiger partial charge < -0.3 is 20.1 Å². The van der Waals surface area contributed by atoms with Gasteiger partial charge in [0.15, 0.2) is 6.61 Å². The molecule has 0 heterocycles. The molecule has 0 bridgehead atoms. The zero-order chi connectivity index (χ0) is 27.5. The minimum Gasteiger partial charge on any atom is -0.484 e. The summed E-state index contributed by atoms with van der Waals surface area (Å²) in [4.78, 5) is 25.2. The first-order valence-electron chi connectivity index (χ1n) is 13.8. The summed E-state index contributed by atoms with van der Waals surface area (Å²) in [5, 5.41) is 5.91. The van der Waals surface area contributed by atoms with Crippen molar-refractivity contribution in [3.05, 3.63) is 124 Å². The van der Waals surface area contributed by atoms with Crippen LogP contribution in [-0.2, 0) is 22.4 Å². The van der Waals surface area contributed by atoms with E-state index in [9.17, 15) is 9.59 Å². The number of hydrogen-bond acceptors (Lipinski definition) is 4. The molecule has 4 aromatic rings. The van der Waals surface area contributed by atoms with Crippen LogP contribution in [0.25, 0.3) is 11.1 Å². The number of carbonyl (C=O) groups is 2. The quantitative estimate of drug-likeness (QED) is 0.309. The predicted octanol–water partition coefficient (Wildman–Crippen LogP) is 5.93. The van der Waals surface area contributed by atoms with Crippen molar-refractivity contribution in [3.8, 4) is 16.9 Å². The Morgan fingerprint density at radius 2 is 1.40 bits per heavy atom. The summed E-state index contributed by atoms with van der Waals surface area (Å²) in [6, 6.07) is 30.3. The molecule has 4 aromatic carbocycles. The Morgan fingerprint density at radius 1 is 0.775 bits per heavy atom. The Bertz CT molecular complexity index is 1520. The molecule has 0 spiro atoms. The van der Waals surface area contributed by atoms with Gasteiger partial charge in [-0.2, -0.15) is 0 Å². The Kier molecular flexibility index (Phi) is 7.23. The Labute approximate surface area is 234 Å². The number of hydrogen-bond donors (Lipinski definition) is 2. The number of carbonyl (C=O) groups excluding carboxylic acids is 2. The smallest absolute Gasteiger partial charge is 0.407 e. The lowest BCUT2D eigenvalue weighted by Crippen LogP contribution is -2.31. The third-order valence-corrected chi connectivity index (χ3v) is 7.80. The molecule has 2 aliphatic carbocycles. The molecule has 0 saturated heterocycles. The number of rotatable bonds is 7. The summed E-state index contributed by atoms with van der Waals surface area (Å²) in [5.74, 6) is 0.479. The molecular formula is C34H32N2O4. The first-order valence-corrected chi connectivity index (χ1v) is 13.8. The molecule has 40 heavy (non-hydrogen) atoms. The number of aryl methyl sites for hydroxylation is 2. The normalized spacial score (nSPS) is 15.1. The molecule has 0 fully saturated rings. The van der Waals surface area contributed by atoms with Crippen LogP contribution in [-0.4, -0.2) is 31.8 Å². The van der Waals surface area contributed by atoms with Crippen molar-refractivity contribution in [2.24, 2.45) is 0 Å². The molecule has 0 aliphatic heterocycles. The van der Waals surface area contributed by atoms with Gasteiger partial charge in [0.2, 0.25) is 0 Å². The van der Waals surface area contributed by atoms with Gasteiger partial charge in [-0.3, -0.25) is 4.79 Å². The highest BCUT2D eigenvalue weighted by atomic mass is 16.5. The lowest BCUT2D eigenvalue weighted by Gasteiger charge is -2.23. The first kappa shape index (κ1) is 25.7. The fraction of sp³-hybridized carbons (Fsp3) is 0.235. The van der Waals surface area contributed by atoms with Crippen LogP contribution in [0.2, 0.25) is 0 Å². The van der Waals surface area contributed by atoms with Crippen LogP contribution in [0.15, 0.2) is 91.0 Å². The maximum Gasteiger partial charge on any atom is 0.407 e. The van der Waals surface area contributed by atoms with Crippen molar-refractivity contribution in [3.63, 3.8) is 0 Å². The summed E-state index contributed by atoms with van der Waals surface area (Å²) < 4.78 is 11.7. The number of alkyl carbamates (subject to hydrolysis) is 1. The number of benzene rings is 4. The second-order valence-electron chi connectivity index (χ2n) is 10.2. The van der Waals surface area contributed by atoms with Gasteiger partial charge in [0, 0.05) is 12.5 Å². The maximum absolute atomic E-state index is 13.3. The van der Waals surface area contributed by atoms with E-state index in [4.69, 9.17) is 9.47 Å². The molecule has 1 atom stereocenters. The lowest BCUT2D eigenvalue weighted by molar-refractivity contribution is -0.122. The molecule has 2 aliphatic rings. The second kappa shape index (κ2) is 11.3. The predicted molar refractivity (Wildman–Crippen MR) is 155 cm³/mol. The SMILES string of the molecule is CCNC(=O)COc1ccc2c(c1)CCc1ccccc1C2NC(=O)OCC1c2ccccc2-c2ccccc21. The van der Waals surface area contributed by atoms with Crippen molar-refractivity contribution >= 4 is 12.0 Å². The van der Waals surface area contributed by atoms with Gasteiger partial charge in [-0.15, -0.1) is 0 Å². The Morgan fingerprint density at radius 3 is 2.12 bits per heavy atom. The molecule has 2 N–H and O–H groups in total. The highest BCUT2D eigenvalue weighted by Crippen LogP contribution is 2.44. The van der Waals surface area contributed by atoms with Crippen LogP contribution in [0.5, 0.6) is 5.75 Å². The molecule has 2 amide bonds. The van der Waals surface area contributed by atoms with Crippen molar-refractivity contribution in [2.75, 3.05) is 19.8 Å². The minimum atomic E-state index is -0.453. The van der Waals surface area contributed by atoms with E-state index in [0.717, 1.165) is 29.5 Å². The summed E-state index contributed by atoms with van der Waals surface area (Å²) in [5.41, 5.74) is 9.09. The minimum absolute atomic E-state index is 0.00327. The zero-order valence-corrected chi connectivity index (χ0v) is 22.5. The number of nitrogens with one attached hydrogen (secondary N) is 2. The summed E-state index contributed by atoms with van der Waals surface area (Å²) in [7, 11) is 0. The molecule has 0 saturated carbocycles. The van der Waals surface area contributed by atoms with Gasteiger partial charge in [-0.25, -0.2) is 4.79 Å². The average molecular weight is 533 g/mol. The molecule has 6 rings (SSSR count). The van der Waals surface area contributed by atoms with Crippen molar-refractivity contribution in [1.82, 2.24) is 10.6 Å². The molecule has 0 radical (unpaired) electrons.